The smallest absolute Gasteiger partial charge is 0.307 e. The number of nitrogens with one attached hydrogen (secondary N) is 2. The van der Waals surface area contributed by atoms with Gasteiger partial charge in [0, 0.05) is 60.8 Å². The minimum absolute atomic E-state index is 0.0988. The second-order valence-corrected chi connectivity index (χ2v) is 14.4. The van der Waals surface area contributed by atoms with Crippen LogP contribution in [0, 0.1) is 23.0 Å². The van der Waals surface area contributed by atoms with E-state index in [0.29, 0.717) is 49.4 Å². The Morgan fingerprint density at radius 3 is 2.36 bits per heavy atom. The van der Waals surface area contributed by atoms with Crippen molar-refractivity contribution in [2.24, 2.45) is 11.3 Å². The Hall–Kier alpha value is -4.03. The molecule has 0 aliphatic heterocycles. The lowest BCUT2D eigenvalue weighted by Crippen LogP contribution is -2.45. The zero-order chi connectivity index (χ0) is 37.0. The summed E-state index contributed by atoms with van der Waals surface area (Å²) in [5, 5.41) is 16.2. The van der Waals surface area contributed by atoms with Crippen LogP contribution in [0.2, 0.25) is 0 Å². The molecule has 2 amide bonds. The summed E-state index contributed by atoms with van der Waals surface area (Å²) in [5.74, 6) is -2.63. The summed E-state index contributed by atoms with van der Waals surface area (Å²) in [6.45, 7) is 12.3. The molecular weight excluding hydrogens is 710 g/mol. The van der Waals surface area contributed by atoms with Crippen LogP contribution in [0.15, 0.2) is 73.1 Å². The average Bonchev–Trinajstić information content (AvgIpc) is 3.48. The fourth-order valence-corrected chi connectivity index (χ4v) is 6.36. The van der Waals surface area contributed by atoms with Gasteiger partial charge in [-0.1, -0.05) is 80.5 Å². The molecule has 0 radical (unpaired) electrons. The number of carbonyl (C=O) groups is 3. The van der Waals surface area contributed by atoms with Gasteiger partial charge in [-0.05, 0) is 48.1 Å². The van der Waals surface area contributed by atoms with Crippen LogP contribution in [0.4, 0.5) is 8.78 Å². The van der Waals surface area contributed by atoms with Crippen LogP contribution in [-0.2, 0) is 25.7 Å². The molecule has 1 unspecified atom stereocenters. The number of hydrogen-bond acceptors (Lipinski definition) is 6. The molecule has 3 N–H and O–H groups in total. The van der Waals surface area contributed by atoms with Crippen molar-refractivity contribution >= 4 is 33.7 Å². The zero-order valence-electron chi connectivity index (χ0n) is 29.5. The molecule has 50 heavy (non-hydrogen) atoms. The number of methoxy groups -OCH3 is 1. The molecule has 272 valence electrons. The van der Waals surface area contributed by atoms with Crippen LogP contribution in [0.1, 0.15) is 64.3 Å². The SMILES string of the molecule is C=C(NCCNC(=O)[C@@H](CC)CCN(C(=O)CO)[C@@H](c1cc(-c2cc(F)ccc2F)cn1Cc1ccccc1)C(C)(C)C)C(Br)CC(=O)OC. The Bertz CT molecular complexity index is 1610. The molecule has 1 aromatic heterocycles. The highest BCUT2D eigenvalue weighted by Crippen LogP contribution is 2.41. The van der Waals surface area contributed by atoms with Gasteiger partial charge < -0.3 is 29.9 Å². The molecule has 0 spiro atoms. The molecule has 1 heterocycles. The van der Waals surface area contributed by atoms with Crippen LogP contribution in [0.3, 0.4) is 0 Å². The maximum absolute atomic E-state index is 15.0. The number of halogens is 3. The Balaban J connectivity index is 1.86. The van der Waals surface area contributed by atoms with Crippen molar-refractivity contribution in [3.63, 3.8) is 0 Å². The summed E-state index contributed by atoms with van der Waals surface area (Å²) in [6.07, 6.45) is 2.72. The molecule has 12 heteroatoms. The van der Waals surface area contributed by atoms with Crippen molar-refractivity contribution in [2.45, 2.75) is 64.4 Å². The third-order valence-corrected chi connectivity index (χ3v) is 9.42. The van der Waals surface area contributed by atoms with Gasteiger partial charge in [0.05, 0.1) is 24.4 Å². The summed E-state index contributed by atoms with van der Waals surface area (Å²) in [4.78, 5) is 39.6. The molecule has 0 aliphatic carbocycles. The number of aliphatic hydroxyl groups excluding tert-OH is 1. The number of rotatable bonds is 18. The third kappa shape index (κ3) is 11.2. The largest absolute Gasteiger partial charge is 0.469 e. The lowest BCUT2D eigenvalue weighted by molar-refractivity contribution is -0.141. The molecule has 0 aliphatic rings. The number of benzene rings is 2. The van der Waals surface area contributed by atoms with Crippen molar-refractivity contribution in [2.75, 3.05) is 33.4 Å². The van der Waals surface area contributed by atoms with E-state index in [4.69, 9.17) is 0 Å². The van der Waals surface area contributed by atoms with E-state index in [9.17, 15) is 23.9 Å². The molecule has 0 bridgehead atoms. The highest BCUT2D eigenvalue weighted by Gasteiger charge is 2.37. The molecule has 3 rings (SSSR count). The van der Waals surface area contributed by atoms with E-state index in [1.54, 1.807) is 17.2 Å². The molecule has 9 nitrogen and oxygen atoms in total. The first kappa shape index (κ1) is 40.4. The fraction of sp³-hybridized carbons (Fsp3) is 0.447. The van der Waals surface area contributed by atoms with Crippen molar-refractivity contribution in [3.8, 4) is 11.1 Å². The first-order chi connectivity index (χ1) is 23.7. The van der Waals surface area contributed by atoms with Crippen molar-refractivity contribution < 1.29 is 33.0 Å². The Labute approximate surface area is 302 Å². The second-order valence-electron chi connectivity index (χ2n) is 13.3. The van der Waals surface area contributed by atoms with Gasteiger partial charge in [-0.2, -0.15) is 0 Å². The van der Waals surface area contributed by atoms with Crippen LogP contribution in [0.5, 0.6) is 0 Å². The minimum Gasteiger partial charge on any atom is -0.469 e. The number of carbonyl (C=O) groups excluding carboxylic acids is 3. The fourth-order valence-electron chi connectivity index (χ4n) is 5.93. The van der Waals surface area contributed by atoms with Crippen molar-refractivity contribution in [1.82, 2.24) is 20.1 Å². The normalized spacial score (nSPS) is 13.2. The van der Waals surface area contributed by atoms with E-state index < -0.39 is 41.5 Å². The number of nitrogens with zero attached hydrogens (tertiary/aromatic N) is 2. The lowest BCUT2D eigenvalue weighted by Gasteiger charge is -2.41. The van der Waals surface area contributed by atoms with Gasteiger partial charge in [0.2, 0.25) is 11.8 Å². The maximum atomic E-state index is 15.0. The van der Waals surface area contributed by atoms with E-state index in [-0.39, 0.29) is 35.2 Å². The number of hydrogen-bond donors (Lipinski definition) is 3. The maximum Gasteiger partial charge on any atom is 0.307 e. The molecule has 0 fully saturated rings. The molecule has 3 aromatic rings. The van der Waals surface area contributed by atoms with Crippen LogP contribution in [0.25, 0.3) is 11.1 Å². The highest BCUT2D eigenvalue weighted by atomic mass is 79.9. The highest BCUT2D eigenvalue weighted by molar-refractivity contribution is 9.09. The summed E-state index contributed by atoms with van der Waals surface area (Å²) in [7, 11) is 1.32. The standard InChI is InChI=1S/C38H49BrF2N4O5/c1-7-27(37(49)43-17-16-42-25(2)31(39)21-35(48)50-6)15-18-45(34(47)24-46)36(38(3,4)5)33-19-28(30-20-29(40)13-14-32(30)41)23-44(33)22-26-11-9-8-10-12-26/h8-14,19-20,23,27,31,36,42,46H,2,7,15-18,21-22,24H2,1,3-6H3,(H,43,49)/t27-,31?,36-/m0/s1. The zero-order valence-corrected chi connectivity index (χ0v) is 31.1. The van der Waals surface area contributed by atoms with Gasteiger partial charge in [-0.25, -0.2) is 8.78 Å². The number of aliphatic hydroxyl groups is 1. The number of amides is 2. The monoisotopic (exact) mass is 758 g/mol. The summed E-state index contributed by atoms with van der Waals surface area (Å²) < 4.78 is 36.0. The Kier molecular flexibility index (Phi) is 15.2. The van der Waals surface area contributed by atoms with Crippen molar-refractivity contribution in [1.29, 1.82) is 0 Å². The number of ether oxygens (including phenoxy) is 1. The van der Waals surface area contributed by atoms with Gasteiger partial charge >= 0.3 is 5.97 Å². The number of allylic oxidation sites excluding steroid dienone is 1. The van der Waals surface area contributed by atoms with Gasteiger partial charge in [0.25, 0.3) is 0 Å². The average molecular weight is 760 g/mol. The Morgan fingerprint density at radius 1 is 1.06 bits per heavy atom. The first-order valence-corrected chi connectivity index (χ1v) is 17.6. The van der Waals surface area contributed by atoms with E-state index in [2.05, 4.69) is 37.9 Å². The van der Waals surface area contributed by atoms with E-state index in [1.165, 1.54) is 7.11 Å². The van der Waals surface area contributed by atoms with Crippen molar-refractivity contribution in [3.05, 3.63) is 96.0 Å². The molecule has 2 aromatic carbocycles. The van der Waals surface area contributed by atoms with Gasteiger partial charge in [0.15, 0.2) is 0 Å². The molecule has 0 saturated carbocycles. The van der Waals surface area contributed by atoms with Crippen LogP contribution >= 0.6 is 15.9 Å². The molecule has 0 saturated heterocycles. The van der Waals surface area contributed by atoms with Gasteiger partial charge in [-0.3, -0.25) is 14.4 Å². The van der Waals surface area contributed by atoms with E-state index >= 15 is 4.39 Å². The number of aromatic nitrogens is 1. The lowest BCUT2D eigenvalue weighted by atomic mass is 9.82. The molecule has 3 atom stereocenters. The summed E-state index contributed by atoms with van der Waals surface area (Å²) in [6, 6.07) is 14.2. The topological polar surface area (TPSA) is 113 Å². The third-order valence-electron chi connectivity index (χ3n) is 8.54. The molecular formula is C38H49BrF2N4O5. The van der Waals surface area contributed by atoms with Gasteiger partial charge in [0.1, 0.15) is 18.2 Å². The predicted octanol–water partition coefficient (Wildman–Crippen LogP) is 6.35. The Morgan fingerprint density at radius 2 is 1.74 bits per heavy atom. The second kappa shape index (κ2) is 18.8. The van der Waals surface area contributed by atoms with E-state index in [0.717, 1.165) is 23.8 Å². The summed E-state index contributed by atoms with van der Waals surface area (Å²) >= 11 is 3.40. The quantitative estimate of drug-likeness (QED) is 0.0792. The number of alkyl halides is 1. The first-order valence-electron chi connectivity index (χ1n) is 16.7. The van der Waals surface area contributed by atoms with E-state index in [1.807, 2.05) is 62.6 Å². The van der Waals surface area contributed by atoms with Gasteiger partial charge in [-0.15, -0.1) is 0 Å². The van der Waals surface area contributed by atoms with Crippen LogP contribution in [-0.4, -0.2) is 70.5 Å². The van der Waals surface area contributed by atoms with Crippen LogP contribution < -0.4 is 10.6 Å². The minimum atomic E-state index is -0.736. The number of esters is 1. The predicted molar refractivity (Wildman–Crippen MR) is 194 cm³/mol. The summed E-state index contributed by atoms with van der Waals surface area (Å²) in [5.41, 5.74) is 2.22.